The molecule has 0 saturated carbocycles. The lowest BCUT2D eigenvalue weighted by Gasteiger charge is -2.09. The van der Waals surface area contributed by atoms with Crippen LogP contribution in [0.3, 0.4) is 0 Å². The number of carbonyl (C=O) groups is 1. The van der Waals surface area contributed by atoms with E-state index in [2.05, 4.69) is 20.5 Å². The maximum absolute atomic E-state index is 12.4. The molecule has 0 radical (unpaired) electrons. The van der Waals surface area contributed by atoms with Gasteiger partial charge in [0.25, 0.3) is 11.6 Å². The standard InChI is InChI=1S/C15H14N6O3.2BrH.H2O/c1-8(16)10-3-2-9(6-13(10)21(23)24)15(22)19-12-4-5-17-14-11(12)7-18-20-14;;;/h2-8H,16H2,1H3,(H2,17,18,19,20,22);2*1H;1H2/t8-;;;/m1.../s1. The number of halogens is 2. The smallest absolute Gasteiger partial charge is 0.274 e. The van der Waals surface area contributed by atoms with E-state index in [0.717, 1.165) is 0 Å². The van der Waals surface area contributed by atoms with Gasteiger partial charge in [-0.15, -0.1) is 34.0 Å². The highest BCUT2D eigenvalue weighted by Gasteiger charge is 2.20. The highest BCUT2D eigenvalue weighted by atomic mass is 79.9. The van der Waals surface area contributed by atoms with E-state index in [9.17, 15) is 14.9 Å². The number of fused-ring (bicyclic) bond motifs is 1. The SMILES string of the molecule is Br.Br.C[C@@H](N)c1ccc(C(=O)Nc2ccnc3[nH]ncc23)cc1[N+](=O)[O-].O. The van der Waals surface area contributed by atoms with E-state index in [1.54, 1.807) is 19.2 Å². The third-order valence-corrected chi connectivity index (χ3v) is 3.58. The number of nitrogens with zero attached hydrogens (tertiary/aromatic N) is 3. The number of pyridine rings is 1. The molecule has 0 fully saturated rings. The van der Waals surface area contributed by atoms with Crippen molar-refractivity contribution in [2.24, 2.45) is 5.73 Å². The molecule has 3 rings (SSSR count). The Balaban J connectivity index is 0.00000225. The van der Waals surface area contributed by atoms with Crippen LogP contribution in [0.1, 0.15) is 28.9 Å². The molecule has 6 N–H and O–H groups in total. The largest absolute Gasteiger partial charge is 0.412 e. The van der Waals surface area contributed by atoms with E-state index in [0.29, 0.717) is 22.3 Å². The number of anilines is 1. The number of nitrogens with two attached hydrogens (primary N) is 1. The van der Waals surface area contributed by atoms with Crippen LogP contribution in [0.4, 0.5) is 11.4 Å². The summed E-state index contributed by atoms with van der Waals surface area (Å²) in [5.41, 5.74) is 7.13. The third kappa shape index (κ3) is 5.07. The summed E-state index contributed by atoms with van der Waals surface area (Å²) < 4.78 is 0. The molecule has 0 bridgehead atoms. The van der Waals surface area contributed by atoms with Crippen molar-refractivity contribution in [1.82, 2.24) is 15.2 Å². The second-order valence-corrected chi connectivity index (χ2v) is 5.26. The molecule has 1 atom stereocenters. The molecule has 0 spiro atoms. The maximum Gasteiger partial charge on any atom is 0.274 e. The highest BCUT2D eigenvalue weighted by Crippen LogP contribution is 2.26. The Bertz CT molecular complexity index is 947. The van der Waals surface area contributed by atoms with Crippen molar-refractivity contribution in [2.75, 3.05) is 5.32 Å². The fourth-order valence-electron chi connectivity index (χ4n) is 2.38. The summed E-state index contributed by atoms with van der Waals surface area (Å²) in [5.74, 6) is -0.469. The number of hydrogen-bond acceptors (Lipinski definition) is 6. The van der Waals surface area contributed by atoms with Crippen LogP contribution in [0.2, 0.25) is 0 Å². The Labute approximate surface area is 174 Å². The number of benzene rings is 1. The van der Waals surface area contributed by atoms with Crippen molar-refractivity contribution >= 4 is 62.3 Å². The fourth-order valence-corrected chi connectivity index (χ4v) is 2.38. The van der Waals surface area contributed by atoms with Gasteiger partial charge >= 0.3 is 0 Å². The normalized spacial score (nSPS) is 10.7. The molecule has 2 aromatic heterocycles. The van der Waals surface area contributed by atoms with Gasteiger partial charge in [-0.2, -0.15) is 5.10 Å². The topological polar surface area (TPSA) is 171 Å². The summed E-state index contributed by atoms with van der Waals surface area (Å²) in [6.07, 6.45) is 3.07. The minimum Gasteiger partial charge on any atom is -0.412 e. The summed E-state index contributed by atoms with van der Waals surface area (Å²) in [5, 5.41) is 21.1. The van der Waals surface area contributed by atoms with Crippen LogP contribution < -0.4 is 11.1 Å². The molecule has 1 aromatic carbocycles. The lowest BCUT2D eigenvalue weighted by Crippen LogP contribution is -2.14. The van der Waals surface area contributed by atoms with E-state index in [1.165, 1.54) is 24.4 Å². The number of aromatic nitrogens is 3. The van der Waals surface area contributed by atoms with Crippen LogP contribution >= 0.6 is 34.0 Å². The predicted molar refractivity (Wildman–Crippen MR) is 112 cm³/mol. The van der Waals surface area contributed by atoms with Crippen molar-refractivity contribution in [3.05, 3.63) is 57.9 Å². The number of hydrogen-bond donors (Lipinski definition) is 3. The number of H-pyrrole nitrogens is 1. The van der Waals surface area contributed by atoms with Crippen molar-refractivity contribution in [3.63, 3.8) is 0 Å². The Morgan fingerprint density at radius 2 is 2.04 bits per heavy atom. The molecule has 27 heavy (non-hydrogen) atoms. The molecule has 146 valence electrons. The number of nitrogens with one attached hydrogen (secondary N) is 2. The van der Waals surface area contributed by atoms with Crippen molar-refractivity contribution < 1.29 is 15.2 Å². The summed E-state index contributed by atoms with van der Waals surface area (Å²) >= 11 is 0. The number of amides is 1. The molecule has 0 aliphatic heterocycles. The molecule has 1 amide bonds. The molecule has 12 heteroatoms. The molecule has 0 aliphatic rings. The van der Waals surface area contributed by atoms with Crippen LogP contribution in [0.25, 0.3) is 11.0 Å². The number of nitro benzene ring substituents is 1. The van der Waals surface area contributed by atoms with Gasteiger partial charge in [0.2, 0.25) is 0 Å². The van der Waals surface area contributed by atoms with Gasteiger partial charge in [0.1, 0.15) is 0 Å². The zero-order valence-corrected chi connectivity index (χ0v) is 17.4. The average molecular weight is 506 g/mol. The summed E-state index contributed by atoms with van der Waals surface area (Å²) in [6, 6.07) is 5.35. The summed E-state index contributed by atoms with van der Waals surface area (Å²) in [7, 11) is 0. The highest BCUT2D eigenvalue weighted by molar-refractivity contribution is 8.93. The van der Waals surface area contributed by atoms with Gasteiger partial charge in [0.15, 0.2) is 5.65 Å². The molecule has 2 heterocycles. The van der Waals surface area contributed by atoms with Crippen LogP contribution in [-0.2, 0) is 0 Å². The first-order valence-electron chi connectivity index (χ1n) is 7.10. The van der Waals surface area contributed by atoms with Crippen molar-refractivity contribution in [1.29, 1.82) is 0 Å². The van der Waals surface area contributed by atoms with Gasteiger partial charge < -0.3 is 16.5 Å². The van der Waals surface area contributed by atoms with E-state index < -0.39 is 16.9 Å². The lowest BCUT2D eigenvalue weighted by atomic mass is 10.0. The lowest BCUT2D eigenvalue weighted by molar-refractivity contribution is -0.385. The first-order valence-corrected chi connectivity index (χ1v) is 7.10. The third-order valence-electron chi connectivity index (χ3n) is 3.58. The number of rotatable bonds is 4. The molecule has 0 aliphatic carbocycles. The quantitative estimate of drug-likeness (QED) is 0.362. The fraction of sp³-hybridized carbons (Fsp3) is 0.133. The van der Waals surface area contributed by atoms with E-state index in [-0.39, 0.29) is 50.7 Å². The van der Waals surface area contributed by atoms with Gasteiger partial charge in [-0.3, -0.25) is 20.0 Å². The number of carbonyl (C=O) groups excluding carboxylic acids is 1. The van der Waals surface area contributed by atoms with Crippen LogP contribution in [0, 0.1) is 10.1 Å². The van der Waals surface area contributed by atoms with Gasteiger partial charge in [-0.05, 0) is 25.1 Å². The summed E-state index contributed by atoms with van der Waals surface area (Å²) in [4.78, 5) is 27.1. The maximum atomic E-state index is 12.4. The Morgan fingerprint density at radius 1 is 1.33 bits per heavy atom. The van der Waals surface area contributed by atoms with Gasteiger partial charge in [-0.1, -0.05) is 0 Å². The van der Waals surface area contributed by atoms with Gasteiger partial charge in [0, 0.05) is 29.4 Å². The zero-order chi connectivity index (χ0) is 17.3. The monoisotopic (exact) mass is 504 g/mol. The van der Waals surface area contributed by atoms with E-state index >= 15 is 0 Å². The van der Waals surface area contributed by atoms with Crippen LogP contribution in [-0.4, -0.2) is 31.5 Å². The van der Waals surface area contributed by atoms with E-state index in [4.69, 9.17) is 5.73 Å². The summed E-state index contributed by atoms with van der Waals surface area (Å²) in [6.45, 7) is 1.65. The number of nitro groups is 1. The second-order valence-electron chi connectivity index (χ2n) is 5.26. The predicted octanol–water partition coefficient (Wildman–Crippen LogP) is 2.47. The van der Waals surface area contributed by atoms with Crippen molar-refractivity contribution in [3.8, 4) is 0 Å². The Kier molecular flexibility index (Phi) is 9.16. The Morgan fingerprint density at radius 3 is 2.67 bits per heavy atom. The van der Waals surface area contributed by atoms with Crippen LogP contribution in [0.15, 0.2) is 36.7 Å². The number of aromatic amines is 1. The van der Waals surface area contributed by atoms with Crippen LogP contribution in [0.5, 0.6) is 0 Å². The Hall–Kier alpha value is -2.41. The average Bonchev–Trinajstić information content (AvgIpc) is 3.03. The molecular formula is C15H18Br2N6O4. The second kappa shape index (κ2) is 10.1. The molecule has 0 unspecified atom stereocenters. The first-order chi connectivity index (χ1) is 11.5. The van der Waals surface area contributed by atoms with Gasteiger partial charge in [-0.25, -0.2) is 4.98 Å². The molecule has 3 aromatic rings. The van der Waals surface area contributed by atoms with E-state index in [1.807, 2.05) is 0 Å². The van der Waals surface area contributed by atoms with Crippen molar-refractivity contribution in [2.45, 2.75) is 13.0 Å². The molecular weight excluding hydrogens is 488 g/mol. The molecule has 10 nitrogen and oxygen atoms in total. The minimum atomic E-state index is -0.545. The minimum absolute atomic E-state index is 0. The first kappa shape index (κ1) is 24.6. The zero-order valence-electron chi connectivity index (χ0n) is 14.0. The van der Waals surface area contributed by atoms with Gasteiger partial charge in [0.05, 0.1) is 22.2 Å². The molecule has 0 saturated heterocycles.